The van der Waals surface area contributed by atoms with Gasteiger partial charge in [0.1, 0.15) is 0 Å². The molecule has 94 valence electrons. The van der Waals surface area contributed by atoms with Crippen LogP contribution in [0, 0.1) is 13.8 Å². The Morgan fingerprint density at radius 1 is 1.00 bits per heavy atom. The summed E-state index contributed by atoms with van der Waals surface area (Å²) in [6.07, 6.45) is 0. The standard InChI is InChI=1S/C16H18BrN/c1-11-4-6-14(7-5-11)13(3)18-15-8-9-16(17)12(2)10-15/h4-10,13,18H,1-3H3. The molecule has 1 atom stereocenters. The molecule has 2 aromatic rings. The molecule has 2 rings (SSSR count). The van der Waals surface area contributed by atoms with Gasteiger partial charge >= 0.3 is 0 Å². The Hall–Kier alpha value is -1.28. The van der Waals surface area contributed by atoms with Crippen molar-refractivity contribution in [2.75, 3.05) is 5.32 Å². The summed E-state index contributed by atoms with van der Waals surface area (Å²) in [6, 6.07) is 15.3. The van der Waals surface area contributed by atoms with Gasteiger partial charge in [0, 0.05) is 16.2 Å². The van der Waals surface area contributed by atoms with Crippen LogP contribution >= 0.6 is 15.9 Å². The highest BCUT2D eigenvalue weighted by atomic mass is 79.9. The van der Waals surface area contributed by atoms with Crippen LogP contribution in [0.15, 0.2) is 46.9 Å². The summed E-state index contributed by atoms with van der Waals surface area (Å²) < 4.78 is 1.15. The van der Waals surface area contributed by atoms with Gasteiger partial charge in [0.25, 0.3) is 0 Å². The molecule has 0 aliphatic rings. The van der Waals surface area contributed by atoms with Gasteiger partial charge in [-0.2, -0.15) is 0 Å². The molecule has 0 aliphatic heterocycles. The summed E-state index contributed by atoms with van der Waals surface area (Å²) in [5, 5.41) is 3.52. The van der Waals surface area contributed by atoms with Crippen molar-refractivity contribution in [1.29, 1.82) is 0 Å². The molecule has 0 amide bonds. The number of rotatable bonds is 3. The molecule has 0 spiro atoms. The van der Waals surface area contributed by atoms with Crippen molar-refractivity contribution in [3.8, 4) is 0 Å². The summed E-state index contributed by atoms with van der Waals surface area (Å²) in [7, 11) is 0. The number of hydrogen-bond donors (Lipinski definition) is 1. The van der Waals surface area contributed by atoms with Crippen molar-refractivity contribution >= 4 is 21.6 Å². The minimum Gasteiger partial charge on any atom is -0.379 e. The normalized spacial score (nSPS) is 12.2. The number of hydrogen-bond acceptors (Lipinski definition) is 1. The Morgan fingerprint density at radius 3 is 2.28 bits per heavy atom. The molecule has 0 aliphatic carbocycles. The number of nitrogens with one attached hydrogen (secondary N) is 1. The maximum Gasteiger partial charge on any atom is 0.0485 e. The Kier molecular flexibility index (Phi) is 4.07. The molecule has 0 aromatic heterocycles. The molecule has 1 N–H and O–H groups in total. The summed E-state index contributed by atoms with van der Waals surface area (Å²) in [4.78, 5) is 0. The minimum atomic E-state index is 0.311. The molecule has 0 radical (unpaired) electrons. The van der Waals surface area contributed by atoms with Crippen molar-refractivity contribution < 1.29 is 0 Å². The largest absolute Gasteiger partial charge is 0.379 e. The summed E-state index contributed by atoms with van der Waals surface area (Å²) in [6.45, 7) is 6.40. The first-order valence-corrected chi connectivity index (χ1v) is 6.95. The van der Waals surface area contributed by atoms with Crippen LogP contribution in [0.1, 0.15) is 29.7 Å². The summed E-state index contributed by atoms with van der Waals surface area (Å²) >= 11 is 3.52. The van der Waals surface area contributed by atoms with Crippen molar-refractivity contribution in [2.24, 2.45) is 0 Å². The van der Waals surface area contributed by atoms with E-state index in [-0.39, 0.29) is 0 Å². The average Bonchev–Trinajstić information content (AvgIpc) is 2.34. The minimum absolute atomic E-state index is 0.311. The third-order valence-corrected chi connectivity index (χ3v) is 4.01. The molecule has 0 saturated carbocycles. The van der Waals surface area contributed by atoms with Crippen LogP contribution in [-0.2, 0) is 0 Å². The van der Waals surface area contributed by atoms with Gasteiger partial charge in [0.05, 0.1) is 0 Å². The highest BCUT2D eigenvalue weighted by molar-refractivity contribution is 9.10. The van der Waals surface area contributed by atoms with Gasteiger partial charge in [-0.15, -0.1) is 0 Å². The van der Waals surface area contributed by atoms with E-state index >= 15 is 0 Å². The van der Waals surface area contributed by atoms with E-state index in [1.807, 2.05) is 0 Å². The van der Waals surface area contributed by atoms with E-state index < -0.39 is 0 Å². The Labute approximate surface area is 117 Å². The van der Waals surface area contributed by atoms with Gasteiger partial charge in [-0.25, -0.2) is 0 Å². The number of anilines is 1. The van der Waals surface area contributed by atoms with Crippen molar-refractivity contribution in [2.45, 2.75) is 26.8 Å². The zero-order chi connectivity index (χ0) is 13.1. The molecular formula is C16H18BrN. The second-order valence-corrected chi connectivity index (χ2v) is 5.60. The Bertz CT molecular complexity index is 531. The number of aryl methyl sites for hydroxylation is 2. The van der Waals surface area contributed by atoms with E-state index in [1.165, 1.54) is 16.7 Å². The predicted octanol–water partition coefficient (Wildman–Crippen LogP) is 5.24. The highest BCUT2D eigenvalue weighted by Gasteiger charge is 2.05. The second kappa shape index (κ2) is 5.57. The van der Waals surface area contributed by atoms with Crippen LogP contribution in [0.25, 0.3) is 0 Å². The van der Waals surface area contributed by atoms with Crippen LogP contribution in [0.5, 0.6) is 0 Å². The van der Waals surface area contributed by atoms with Gasteiger partial charge in [-0.1, -0.05) is 45.8 Å². The van der Waals surface area contributed by atoms with Gasteiger partial charge in [0.2, 0.25) is 0 Å². The predicted molar refractivity (Wildman–Crippen MR) is 82.1 cm³/mol. The molecule has 0 fully saturated rings. The molecule has 1 nitrogen and oxygen atoms in total. The molecule has 18 heavy (non-hydrogen) atoms. The first-order chi connectivity index (χ1) is 8.56. The van der Waals surface area contributed by atoms with Crippen LogP contribution in [0.4, 0.5) is 5.69 Å². The quantitative estimate of drug-likeness (QED) is 0.817. The third kappa shape index (κ3) is 3.14. The Balaban J connectivity index is 2.13. The molecular weight excluding hydrogens is 286 g/mol. The first-order valence-electron chi connectivity index (χ1n) is 6.15. The average molecular weight is 304 g/mol. The first kappa shape index (κ1) is 13.2. The van der Waals surface area contributed by atoms with E-state index in [4.69, 9.17) is 0 Å². The van der Waals surface area contributed by atoms with Crippen molar-refractivity contribution in [3.05, 3.63) is 63.6 Å². The van der Waals surface area contributed by atoms with E-state index in [9.17, 15) is 0 Å². The fraction of sp³-hybridized carbons (Fsp3) is 0.250. The van der Waals surface area contributed by atoms with E-state index in [2.05, 4.69) is 84.5 Å². The van der Waals surface area contributed by atoms with Crippen LogP contribution < -0.4 is 5.32 Å². The lowest BCUT2D eigenvalue weighted by atomic mass is 10.1. The molecule has 0 heterocycles. The van der Waals surface area contributed by atoms with Crippen LogP contribution in [0.3, 0.4) is 0 Å². The van der Waals surface area contributed by atoms with Gasteiger partial charge < -0.3 is 5.32 Å². The van der Waals surface area contributed by atoms with Gasteiger partial charge in [-0.3, -0.25) is 0 Å². The number of benzene rings is 2. The monoisotopic (exact) mass is 303 g/mol. The lowest BCUT2D eigenvalue weighted by Crippen LogP contribution is -2.06. The highest BCUT2D eigenvalue weighted by Crippen LogP contribution is 2.24. The molecule has 1 unspecified atom stereocenters. The molecule has 0 bridgehead atoms. The van der Waals surface area contributed by atoms with Gasteiger partial charge in [-0.05, 0) is 50.1 Å². The van der Waals surface area contributed by atoms with Gasteiger partial charge in [0.15, 0.2) is 0 Å². The molecule has 0 saturated heterocycles. The Morgan fingerprint density at radius 2 is 1.67 bits per heavy atom. The summed E-state index contributed by atoms with van der Waals surface area (Å²) in [5.41, 5.74) is 5.01. The zero-order valence-electron chi connectivity index (χ0n) is 11.0. The van der Waals surface area contributed by atoms with Crippen molar-refractivity contribution in [1.82, 2.24) is 0 Å². The topological polar surface area (TPSA) is 12.0 Å². The summed E-state index contributed by atoms with van der Waals surface area (Å²) in [5.74, 6) is 0. The van der Waals surface area contributed by atoms with E-state index in [1.54, 1.807) is 0 Å². The lowest BCUT2D eigenvalue weighted by molar-refractivity contribution is 0.883. The zero-order valence-corrected chi connectivity index (χ0v) is 12.6. The molecule has 2 aromatic carbocycles. The molecule has 2 heteroatoms. The third-order valence-electron chi connectivity index (χ3n) is 3.12. The maximum absolute atomic E-state index is 3.52. The van der Waals surface area contributed by atoms with E-state index in [0.29, 0.717) is 6.04 Å². The fourth-order valence-corrected chi connectivity index (χ4v) is 2.17. The second-order valence-electron chi connectivity index (χ2n) is 4.74. The van der Waals surface area contributed by atoms with Crippen LogP contribution in [-0.4, -0.2) is 0 Å². The van der Waals surface area contributed by atoms with E-state index in [0.717, 1.165) is 10.2 Å². The maximum atomic E-state index is 3.52. The van der Waals surface area contributed by atoms with Crippen molar-refractivity contribution in [3.63, 3.8) is 0 Å². The number of halogens is 1. The fourth-order valence-electron chi connectivity index (χ4n) is 1.92. The SMILES string of the molecule is Cc1ccc(C(C)Nc2ccc(Br)c(C)c2)cc1. The smallest absolute Gasteiger partial charge is 0.0485 e. The van der Waals surface area contributed by atoms with Crippen LogP contribution in [0.2, 0.25) is 0 Å². The lowest BCUT2D eigenvalue weighted by Gasteiger charge is -2.16.